The zero-order valence-corrected chi connectivity index (χ0v) is 18.9. The lowest BCUT2D eigenvalue weighted by molar-refractivity contribution is -0.147. The zero-order chi connectivity index (χ0) is 21.1. The van der Waals surface area contributed by atoms with Gasteiger partial charge in [-0.2, -0.15) is 0 Å². The van der Waals surface area contributed by atoms with Gasteiger partial charge in [-0.05, 0) is 87.3 Å². The number of carbonyl (C=O) groups excluding carboxylic acids is 1. The van der Waals surface area contributed by atoms with Crippen LogP contribution in [0.15, 0.2) is 30.3 Å². The van der Waals surface area contributed by atoms with Gasteiger partial charge in [-0.15, -0.1) is 0 Å². The highest BCUT2D eigenvalue weighted by Gasteiger charge is 2.65. The molecule has 4 nitrogen and oxygen atoms in total. The maximum absolute atomic E-state index is 12.9. The maximum atomic E-state index is 12.9. The van der Waals surface area contributed by atoms with Crippen molar-refractivity contribution in [1.29, 1.82) is 0 Å². The van der Waals surface area contributed by atoms with Crippen molar-refractivity contribution in [1.82, 2.24) is 4.90 Å². The van der Waals surface area contributed by atoms with Crippen molar-refractivity contribution in [3.05, 3.63) is 35.9 Å². The summed E-state index contributed by atoms with van der Waals surface area (Å²) in [7, 11) is 0. The summed E-state index contributed by atoms with van der Waals surface area (Å²) in [6.07, 6.45) is 9.74. The summed E-state index contributed by atoms with van der Waals surface area (Å²) in [5.74, 6) is 1.93. The van der Waals surface area contributed by atoms with Crippen molar-refractivity contribution in [2.75, 3.05) is 26.2 Å². The number of benzene rings is 1. The van der Waals surface area contributed by atoms with E-state index in [-0.39, 0.29) is 23.6 Å². The number of ether oxygens (including phenoxy) is 2. The summed E-state index contributed by atoms with van der Waals surface area (Å²) in [5.41, 5.74) is 1.89. The van der Waals surface area contributed by atoms with Crippen LogP contribution in [0.3, 0.4) is 0 Å². The minimum Gasteiger partial charge on any atom is -0.462 e. The van der Waals surface area contributed by atoms with Crippen LogP contribution in [-0.4, -0.2) is 48.8 Å². The number of nitrogens with zero attached hydrogens (tertiary/aromatic N) is 1. The minimum absolute atomic E-state index is 0.0675. The highest BCUT2D eigenvalue weighted by atomic mass is 16.6. The SMILES string of the molecule is C[C@]12CCC[C@]3(CO3)[C@H]1C[C@@H]1[C@H](CN3CCC(Cc4ccccc4)CC3)C(=O)O[C@@H]1C2. The Hall–Kier alpha value is -1.39. The van der Waals surface area contributed by atoms with Gasteiger partial charge < -0.3 is 14.4 Å². The lowest BCUT2D eigenvalue weighted by Crippen LogP contribution is -2.51. The summed E-state index contributed by atoms with van der Waals surface area (Å²) in [6, 6.07) is 10.9. The number of fused-ring (bicyclic) bond motifs is 3. The van der Waals surface area contributed by atoms with Crippen LogP contribution in [0.25, 0.3) is 0 Å². The van der Waals surface area contributed by atoms with Gasteiger partial charge in [0.25, 0.3) is 0 Å². The van der Waals surface area contributed by atoms with Gasteiger partial charge >= 0.3 is 5.97 Å². The van der Waals surface area contributed by atoms with E-state index in [0.29, 0.717) is 17.3 Å². The first-order valence-corrected chi connectivity index (χ1v) is 12.7. The molecule has 5 aliphatic rings. The third kappa shape index (κ3) is 3.64. The molecule has 1 spiro atoms. The second kappa shape index (κ2) is 7.59. The summed E-state index contributed by atoms with van der Waals surface area (Å²) < 4.78 is 12.1. The van der Waals surface area contributed by atoms with Gasteiger partial charge in [0.1, 0.15) is 6.10 Å². The number of hydrogen-bond donors (Lipinski definition) is 0. The third-order valence-corrected chi connectivity index (χ3v) is 9.61. The molecule has 2 aliphatic carbocycles. The van der Waals surface area contributed by atoms with E-state index in [2.05, 4.69) is 42.2 Å². The van der Waals surface area contributed by atoms with Crippen LogP contribution in [-0.2, 0) is 20.7 Å². The molecule has 0 amide bonds. The van der Waals surface area contributed by atoms with E-state index >= 15 is 0 Å². The topological polar surface area (TPSA) is 42.1 Å². The molecule has 3 heterocycles. The largest absolute Gasteiger partial charge is 0.462 e. The van der Waals surface area contributed by atoms with E-state index in [1.165, 1.54) is 44.1 Å². The Morgan fingerprint density at radius 3 is 2.65 bits per heavy atom. The van der Waals surface area contributed by atoms with Crippen LogP contribution in [0.2, 0.25) is 0 Å². The lowest BCUT2D eigenvalue weighted by atomic mass is 9.53. The molecule has 6 rings (SSSR count). The molecule has 3 saturated heterocycles. The van der Waals surface area contributed by atoms with E-state index in [0.717, 1.165) is 45.0 Å². The van der Waals surface area contributed by atoms with Crippen LogP contribution in [0.4, 0.5) is 0 Å². The molecule has 2 saturated carbocycles. The minimum atomic E-state index is 0.0675. The predicted molar refractivity (Wildman–Crippen MR) is 120 cm³/mol. The highest BCUT2D eigenvalue weighted by molar-refractivity contribution is 5.75. The monoisotopic (exact) mass is 423 g/mol. The van der Waals surface area contributed by atoms with Crippen LogP contribution in [0, 0.1) is 29.1 Å². The van der Waals surface area contributed by atoms with Gasteiger partial charge in [0.15, 0.2) is 0 Å². The Balaban J connectivity index is 1.08. The standard InChI is InChI=1S/C27H37NO3/c1-26-10-5-11-27(18-30-27)24(26)15-21-22(25(29)31-23(21)16-26)17-28-12-8-20(9-13-28)14-19-6-3-2-4-7-19/h2-4,6-7,20-24H,5,8-18H2,1H3/t21-,22+,23-,24+,26-,27+/m1/s1. The van der Waals surface area contributed by atoms with Crippen LogP contribution in [0.1, 0.15) is 57.4 Å². The predicted octanol–water partition coefficient (Wildman–Crippen LogP) is 4.47. The molecule has 31 heavy (non-hydrogen) atoms. The van der Waals surface area contributed by atoms with Crippen LogP contribution < -0.4 is 0 Å². The van der Waals surface area contributed by atoms with E-state index in [1.807, 2.05) is 0 Å². The molecule has 6 atom stereocenters. The highest BCUT2D eigenvalue weighted by Crippen LogP contribution is 2.62. The van der Waals surface area contributed by atoms with Gasteiger partial charge in [-0.25, -0.2) is 0 Å². The summed E-state index contributed by atoms with van der Waals surface area (Å²) >= 11 is 0. The van der Waals surface area contributed by atoms with Gasteiger partial charge in [0, 0.05) is 12.5 Å². The van der Waals surface area contributed by atoms with E-state index in [1.54, 1.807) is 0 Å². The van der Waals surface area contributed by atoms with E-state index < -0.39 is 0 Å². The second-order valence-corrected chi connectivity index (χ2v) is 11.5. The van der Waals surface area contributed by atoms with Gasteiger partial charge in [0.2, 0.25) is 0 Å². The summed E-state index contributed by atoms with van der Waals surface area (Å²) in [5, 5.41) is 0. The molecule has 0 N–H and O–H groups in total. The average molecular weight is 424 g/mol. The number of esters is 1. The van der Waals surface area contributed by atoms with Crippen molar-refractivity contribution < 1.29 is 14.3 Å². The van der Waals surface area contributed by atoms with Crippen molar-refractivity contribution in [2.45, 2.75) is 70.0 Å². The zero-order valence-electron chi connectivity index (χ0n) is 18.9. The number of carbonyl (C=O) groups is 1. The van der Waals surface area contributed by atoms with E-state index in [4.69, 9.17) is 9.47 Å². The molecule has 3 aliphatic heterocycles. The smallest absolute Gasteiger partial charge is 0.310 e. The van der Waals surface area contributed by atoms with Gasteiger partial charge in [-0.1, -0.05) is 37.3 Å². The number of epoxide rings is 1. The number of rotatable bonds is 4. The molecule has 0 aromatic heterocycles. The lowest BCUT2D eigenvalue weighted by Gasteiger charge is -2.51. The molecule has 1 aromatic rings. The molecular formula is C27H37NO3. The molecule has 0 radical (unpaired) electrons. The van der Waals surface area contributed by atoms with Crippen LogP contribution in [0.5, 0.6) is 0 Å². The molecule has 4 heteroatoms. The van der Waals surface area contributed by atoms with Crippen LogP contribution >= 0.6 is 0 Å². The number of piperidine rings is 1. The Morgan fingerprint density at radius 2 is 1.90 bits per heavy atom. The van der Waals surface area contributed by atoms with E-state index in [9.17, 15) is 4.79 Å². The summed E-state index contributed by atoms with van der Waals surface area (Å²) in [4.78, 5) is 15.5. The normalized spacial score (nSPS) is 42.8. The quantitative estimate of drug-likeness (QED) is 0.529. The average Bonchev–Trinajstić information content (AvgIpc) is 3.47. The number of likely N-dealkylation sites (tertiary alicyclic amines) is 1. The van der Waals surface area contributed by atoms with Gasteiger partial charge in [-0.3, -0.25) is 4.79 Å². The number of hydrogen-bond acceptors (Lipinski definition) is 4. The Morgan fingerprint density at radius 1 is 1.13 bits per heavy atom. The Bertz CT molecular complexity index is 813. The van der Waals surface area contributed by atoms with Crippen molar-refractivity contribution in [3.63, 3.8) is 0 Å². The first-order chi connectivity index (χ1) is 15.0. The van der Waals surface area contributed by atoms with Crippen molar-refractivity contribution in [2.24, 2.45) is 29.1 Å². The molecule has 168 valence electrons. The van der Waals surface area contributed by atoms with Gasteiger partial charge in [0.05, 0.1) is 18.1 Å². The fraction of sp³-hybridized carbons (Fsp3) is 0.741. The fourth-order valence-corrected chi connectivity index (χ4v) is 7.76. The second-order valence-electron chi connectivity index (χ2n) is 11.5. The fourth-order valence-electron chi connectivity index (χ4n) is 7.76. The maximum Gasteiger partial charge on any atom is 0.310 e. The first-order valence-electron chi connectivity index (χ1n) is 12.7. The molecule has 0 unspecified atom stereocenters. The molecular weight excluding hydrogens is 386 g/mol. The Kier molecular flexibility index (Phi) is 4.95. The molecule has 5 fully saturated rings. The Labute approximate surface area is 186 Å². The van der Waals surface area contributed by atoms with Crippen molar-refractivity contribution in [3.8, 4) is 0 Å². The third-order valence-electron chi connectivity index (χ3n) is 9.61. The van der Waals surface area contributed by atoms with Crippen molar-refractivity contribution >= 4 is 5.97 Å². The molecule has 1 aromatic carbocycles. The first kappa shape index (κ1) is 20.2. The molecule has 0 bridgehead atoms. The summed E-state index contributed by atoms with van der Waals surface area (Å²) in [6.45, 7) is 6.52.